The van der Waals surface area contributed by atoms with Crippen molar-refractivity contribution < 1.29 is 9.34 Å². The Labute approximate surface area is 96.4 Å². The van der Waals surface area contributed by atoms with E-state index in [4.69, 9.17) is 10.2 Å². The number of nitrogens with zero attached hydrogens (tertiary/aromatic N) is 3. The minimum Gasteiger partial charge on any atom is -0.419 e. The van der Waals surface area contributed by atoms with Gasteiger partial charge in [-0.25, -0.2) is 0 Å². The standard InChI is InChI=1S/C10H10N4O3/c1-6-2-7(4-8(3-6)14(15)16)10-13-12-9(5-11)17-10/h2-4H,5,11H2,1H3. The van der Waals surface area contributed by atoms with Gasteiger partial charge in [0.15, 0.2) is 0 Å². The van der Waals surface area contributed by atoms with Crippen molar-refractivity contribution in [1.29, 1.82) is 0 Å². The molecule has 17 heavy (non-hydrogen) atoms. The van der Waals surface area contributed by atoms with Crippen molar-refractivity contribution in [1.82, 2.24) is 10.2 Å². The Morgan fingerprint density at radius 2 is 2.18 bits per heavy atom. The van der Waals surface area contributed by atoms with Gasteiger partial charge >= 0.3 is 0 Å². The monoisotopic (exact) mass is 234 g/mol. The quantitative estimate of drug-likeness (QED) is 0.635. The summed E-state index contributed by atoms with van der Waals surface area (Å²) in [5.41, 5.74) is 6.61. The van der Waals surface area contributed by atoms with Crippen LogP contribution in [0, 0.1) is 17.0 Å². The third-order valence-corrected chi connectivity index (χ3v) is 2.16. The lowest BCUT2D eigenvalue weighted by atomic mass is 10.1. The van der Waals surface area contributed by atoms with Crippen LogP contribution in [0.2, 0.25) is 0 Å². The van der Waals surface area contributed by atoms with Crippen LogP contribution in [0.1, 0.15) is 11.5 Å². The molecule has 2 N–H and O–H groups in total. The van der Waals surface area contributed by atoms with Crippen LogP contribution >= 0.6 is 0 Å². The van der Waals surface area contributed by atoms with Gasteiger partial charge in [-0.1, -0.05) is 0 Å². The van der Waals surface area contributed by atoms with Gasteiger partial charge in [0.2, 0.25) is 11.8 Å². The average molecular weight is 234 g/mol. The van der Waals surface area contributed by atoms with Gasteiger partial charge in [0.25, 0.3) is 5.69 Å². The molecule has 0 saturated heterocycles. The van der Waals surface area contributed by atoms with Crippen molar-refractivity contribution >= 4 is 5.69 Å². The average Bonchev–Trinajstić information content (AvgIpc) is 2.76. The van der Waals surface area contributed by atoms with Crippen LogP contribution in [0.25, 0.3) is 11.5 Å². The second kappa shape index (κ2) is 4.30. The summed E-state index contributed by atoms with van der Waals surface area (Å²) in [5.74, 6) is 0.529. The van der Waals surface area contributed by atoms with E-state index in [1.807, 2.05) is 0 Å². The lowest BCUT2D eigenvalue weighted by Gasteiger charge is -1.98. The van der Waals surface area contributed by atoms with Gasteiger partial charge in [0, 0.05) is 17.7 Å². The predicted molar refractivity (Wildman–Crippen MR) is 59.0 cm³/mol. The van der Waals surface area contributed by atoms with Crippen LogP contribution in [0.3, 0.4) is 0 Å². The number of nitrogens with two attached hydrogens (primary N) is 1. The van der Waals surface area contributed by atoms with E-state index in [1.165, 1.54) is 12.1 Å². The highest BCUT2D eigenvalue weighted by Gasteiger charge is 2.13. The molecular weight excluding hydrogens is 224 g/mol. The van der Waals surface area contributed by atoms with Crippen molar-refractivity contribution in [3.05, 3.63) is 39.8 Å². The summed E-state index contributed by atoms with van der Waals surface area (Å²) in [6.45, 7) is 1.90. The highest BCUT2D eigenvalue weighted by atomic mass is 16.6. The van der Waals surface area contributed by atoms with Crippen molar-refractivity contribution in [2.75, 3.05) is 0 Å². The number of aryl methyl sites for hydroxylation is 1. The number of non-ortho nitro benzene ring substituents is 1. The molecule has 7 nitrogen and oxygen atoms in total. The number of hydrogen-bond acceptors (Lipinski definition) is 6. The first-order valence-electron chi connectivity index (χ1n) is 4.89. The third kappa shape index (κ3) is 2.28. The molecule has 2 aromatic rings. The zero-order valence-electron chi connectivity index (χ0n) is 9.08. The Balaban J connectivity index is 2.47. The molecule has 1 aromatic carbocycles. The lowest BCUT2D eigenvalue weighted by molar-refractivity contribution is -0.384. The van der Waals surface area contributed by atoms with E-state index in [-0.39, 0.29) is 18.1 Å². The molecule has 88 valence electrons. The van der Waals surface area contributed by atoms with Crippen molar-refractivity contribution in [3.63, 3.8) is 0 Å². The highest BCUT2D eigenvalue weighted by molar-refractivity contribution is 5.59. The number of benzene rings is 1. The van der Waals surface area contributed by atoms with Gasteiger partial charge in [0.05, 0.1) is 11.5 Å². The third-order valence-electron chi connectivity index (χ3n) is 2.16. The van der Waals surface area contributed by atoms with Crippen LogP contribution in [0.15, 0.2) is 22.6 Å². The van der Waals surface area contributed by atoms with Gasteiger partial charge in [-0.15, -0.1) is 10.2 Å². The molecule has 0 bridgehead atoms. The van der Waals surface area contributed by atoms with Gasteiger partial charge in [-0.2, -0.15) is 0 Å². The zero-order chi connectivity index (χ0) is 12.4. The predicted octanol–water partition coefficient (Wildman–Crippen LogP) is 1.41. The Morgan fingerprint density at radius 1 is 1.41 bits per heavy atom. The summed E-state index contributed by atoms with van der Waals surface area (Å²) < 4.78 is 5.24. The van der Waals surface area contributed by atoms with E-state index < -0.39 is 4.92 Å². The summed E-state index contributed by atoms with van der Waals surface area (Å²) >= 11 is 0. The topological polar surface area (TPSA) is 108 Å². The summed E-state index contributed by atoms with van der Waals surface area (Å²) in [7, 11) is 0. The fourth-order valence-electron chi connectivity index (χ4n) is 1.44. The Bertz CT molecular complexity index is 564. The van der Waals surface area contributed by atoms with E-state index in [0.717, 1.165) is 5.56 Å². The second-order valence-electron chi connectivity index (χ2n) is 3.52. The normalized spacial score (nSPS) is 10.5. The Kier molecular flexibility index (Phi) is 2.84. The molecule has 0 aliphatic carbocycles. The smallest absolute Gasteiger partial charge is 0.270 e. The first-order chi connectivity index (χ1) is 8.10. The fourth-order valence-corrected chi connectivity index (χ4v) is 1.44. The molecule has 0 amide bonds. The number of nitro groups is 1. The van der Waals surface area contributed by atoms with Crippen LogP contribution in [0.5, 0.6) is 0 Å². The minimum atomic E-state index is -0.462. The van der Waals surface area contributed by atoms with Crippen LogP contribution in [-0.2, 0) is 6.54 Å². The Morgan fingerprint density at radius 3 is 2.76 bits per heavy atom. The maximum Gasteiger partial charge on any atom is 0.270 e. The summed E-state index contributed by atoms with van der Waals surface area (Å²) in [6, 6.07) is 4.60. The molecule has 0 aliphatic rings. The maximum absolute atomic E-state index is 10.7. The number of rotatable bonds is 3. The van der Waals surface area contributed by atoms with Crippen molar-refractivity contribution in [2.45, 2.75) is 13.5 Å². The molecule has 1 heterocycles. The second-order valence-corrected chi connectivity index (χ2v) is 3.52. The summed E-state index contributed by atoms with van der Waals surface area (Å²) in [5, 5.41) is 18.2. The van der Waals surface area contributed by atoms with Gasteiger partial charge in [0.1, 0.15) is 0 Å². The molecule has 0 aliphatic heterocycles. The van der Waals surface area contributed by atoms with Gasteiger partial charge < -0.3 is 10.2 Å². The van der Waals surface area contributed by atoms with Crippen LogP contribution in [0.4, 0.5) is 5.69 Å². The van der Waals surface area contributed by atoms with Gasteiger partial charge in [-0.3, -0.25) is 10.1 Å². The molecule has 0 spiro atoms. The first kappa shape index (κ1) is 11.2. The molecule has 0 radical (unpaired) electrons. The number of hydrogen-bond donors (Lipinski definition) is 1. The van der Waals surface area contributed by atoms with E-state index >= 15 is 0 Å². The first-order valence-corrected chi connectivity index (χ1v) is 4.89. The molecule has 0 fully saturated rings. The molecule has 0 saturated carbocycles. The molecule has 0 atom stereocenters. The van der Waals surface area contributed by atoms with Crippen LogP contribution in [-0.4, -0.2) is 15.1 Å². The summed E-state index contributed by atoms with van der Waals surface area (Å²) in [6.07, 6.45) is 0. The molecule has 1 aromatic heterocycles. The largest absolute Gasteiger partial charge is 0.419 e. The Hall–Kier alpha value is -2.28. The van der Waals surface area contributed by atoms with E-state index in [2.05, 4.69) is 10.2 Å². The summed E-state index contributed by atoms with van der Waals surface area (Å²) in [4.78, 5) is 10.3. The van der Waals surface area contributed by atoms with Crippen LogP contribution < -0.4 is 5.73 Å². The van der Waals surface area contributed by atoms with Crippen molar-refractivity contribution in [2.24, 2.45) is 5.73 Å². The SMILES string of the molecule is Cc1cc(-c2nnc(CN)o2)cc([N+](=O)[O-])c1. The minimum absolute atomic E-state index is 0.00695. The zero-order valence-corrected chi connectivity index (χ0v) is 9.08. The molecule has 0 unspecified atom stereocenters. The number of aromatic nitrogens is 2. The molecular formula is C10H10N4O3. The fraction of sp³-hybridized carbons (Fsp3) is 0.200. The highest BCUT2D eigenvalue weighted by Crippen LogP contribution is 2.24. The molecule has 2 rings (SSSR count). The number of nitro benzene ring substituents is 1. The van der Waals surface area contributed by atoms with E-state index in [9.17, 15) is 10.1 Å². The molecule has 7 heteroatoms. The maximum atomic E-state index is 10.7. The lowest BCUT2D eigenvalue weighted by Crippen LogP contribution is -1.95. The van der Waals surface area contributed by atoms with E-state index in [1.54, 1.807) is 13.0 Å². The van der Waals surface area contributed by atoms with Crippen molar-refractivity contribution in [3.8, 4) is 11.5 Å². The van der Waals surface area contributed by atoms with E-state index in [0.29, 0.717) is 11.5 Å². The van der Waals surface area contributed by atoms with Gasteiger partial charge in [-0.05, 0) is 18.6 Å².